The van der Waals surface area contributed by atoms with Crippen molar-refractivity contribution in [1.29, 1.82) is 0 Å². The number of nitrogen functional groups attached to an aromatic ring is 1. The first kappa shape index (κ1) is 13.8. The predicted octanol–water partition coefficient (Wildman–Crippen LogP) is 1.61. The Kier molecular flexibility index (Phi) is 4.98. The quantitative estimate of drug-likeness (QED) is 0.633. The summed E-state index contributed by atoms with van der Waals surface area (Å²) in [7, 11) is 0. The van der Waals surface area contributed by atoms with Crippen molar-refractivity contribution in [3.63, 3.8) is 0 Å². The van der Waals surface area contributed by atoms with Gasteiger partial charge < -0.3 is 19.6 Å². The Balaban J connectivity index is 2.78. The molecule has 0 bridgehead atoms. The number of carbonyl (C=O) groups excluding carboxylic acids is 2. The van der Waals surface area contributed by atoms with Crippen molar-refractivity contribution in [2.45, 2.75) is 13.8 Å². The lowest BCUT2D eigenvalue weighted by atomic mass is 10.3. The van der Waals surface area contributed by atoms with Gasteiger partial charge in [-0.2, -0.15) is 0 Å². The molecule has 0 saturated carbocycles. The molecule has 6 heteroatoms. The first-order valence-corrected chi connectivity index (χ1v) is 5.49. The smallest absolute Gasteiger partial charge is 0.343 e. The van der Waals surface area contributed by atoms with Crippen LogP contribution in [0.25, 0.3) is 6.08 Å². The Bertz CT molecular complexity index is 461. The highest BCUT2D eigenvalue weighted by Gasteiger charge is 2.15. The van der Waals surface area contributed by atoms with Crippen LogP contribution in [0.3, 0.4) is 0 Å². The zero-order valence-corrected chi connectivity index (χ0v) is 10.3. The maximum atomic E-state index is 11.4. The molecular weight excluding hydrogens is 238 g/mol. The number of carbonyl (C=O) groups is 2. The van der Waals surface area contributed by atoms with Gasteiger partial charge in [0.2, 0.25) is 5.88 Å². The molecule has 0 fully saturated rings. The topological polar surface area (TPSA) is 91.8 Å². The zero-order valence-electron chi connectivity index (χ0n) is 10.3. The molecule has 0 unspecified atom stereocenters. The summed E-state index contributed by atoms with van der Waals surface area (Å²) in [5, 5.41) is 0. The van der Waals surface area contributed by atoms with Crippen LogP contribution in [-0.4, -0.2) is 25.2 Å². The van der Waals surface area contributed by atoms with E-state index in [1.54, 1.807) is 13.8 Å². The maximum Gasteiger partial charge on any atom is 0.343 e. The Hall–Kier alpha value is -2.24. The molecule has 0 atom stereocenters. The second kappa shape index (κ2) is 6.48. The predicted molar refractivity (Wildman–Crippen MR) is 64.7 cm³/mol. The van der Waals surface area contributed by atoms with E-state index in [9.17, 15) is 9.59 Å². The molecule has 1 aromatic heterocycles. The molecule has 98 valence electrons. The van der Waals surface area contributed by atoms with E-state index in [1.807, 2.05) is 0 Å². The molecule has 0 aromatic carbocycles. The SMILES string of the molecule is CCOC(=O)/C=C/c1cc(C(=O)OCC)c(N)o1. The number of ether oxygens (including phenoxy) is 2. The molecule has 6 nitrogen and oxygen atoms in total. The second-order valence-corrected chi connectivity index (χ2v) is 3.23. The van der Waals surface area contributed by atoms with E-state index in [0.29, 0.717) is 0 Å². The summed E-state index contributed by atoms with van der Waals surface area (Å²) >= 11 is 0. The van der Waals surface area contributed by atoms with Gasteiger partial charge in [0.05, 0.1) is 13.2 Å². The molecule has 0 saturated heterocycles. The van der Waals surface area contributed by atoms with Crippen LogP contribution in [0.5, 0.6) is 0 Å². The minimum Gasteiger partial charge on any atom is -0.463 e. The summed E-state index contributed by atoms with van der Waals surface area (Å²) in [6.45, 7) is 3.93. The summed E-state index contributed by atoms with van der Waals surface area (Å²) in [4.78, 5) is 22.5. The second-order valence-electron chi connectivity index (χ2n) is 3.23. The highest BCUT2D eigenvalue weighted by Crippen LogP contribution is 2.19. The molecule has 18 heavy (non-hydrogen) atoms. The lowest BCUT2D eigenvalue weighted by Crippen LogP contribution is -2.05. The number of anilines is 1. The third-order valence-electron chi connectivity index (χ3n) is 1.95. The van der Waals surface area contributed by atoms with Gasteiger partial charge in [-0.05, 0) is 19.9 Å². The lowest BCUT2D eigenvalue weighted by Gasteiger charge is -1.97. The molecule has 0 spiro atoms. The van der Waals surface area contributed by atoms with Gasteiger partial charge in [-0.1, -0.05) is 0 Å². The number of rotatable bonds is 5. The Labute approximate surface area is 104 Å². The van der Waals surface area contributed by atoms with Gasteiger partial charge in [0.1, 0.15) is 11.3 Å². The van der Waals surface area contributed by atoms with Crippen LogP contribution >= 0.6 is 0 Å². The highest BCUT2D eigenvalue weighted by atomic mass is 16.5. The van der Waals surface area contributed by atoms with Crippen molar-refractivity contribution in [2.75, 3.05) is 18.9 Å². The van der Waals surface area contributed by atoms with Gasteiger partial charge in [0.25, 0.3) is 0 Å². The highest BCUT2D eigenvalue weighted by molar-refractivity contribution is 5.95. The van der Waals surface area contributed by atoms with Crippen molar-refractivity contribution < 1.29 is 23.5 Å². The summed E-state index contributed by atoms with van der Waals surface area (Å²) in [6.07, 6.45) is 2.56. The van der Waals surface area contributed by atoms with E-state index in [-0.39, 0.29) is 30.4 Å². The van der Waals surface area contributed by atoms with Gasteiger partial charge >= 0.3 is 11.9 Å². The normalized spacial score (nSPS) is 10.6. The van der Waals surface area contributed by atoms with Gasteiger partial charge in [0.15, 0.2) is 0 Å². The molecule has 1 aromatic rings. The van der Waals surface area contributed by atoms with Crippen LogP contribution in [0, 0.1) is 0 Å². The largest absolute Gasteiger partial charge is 0.463 e. The van der Waals surface area contributed by atoms with Gasteiger partial charge in [0, 0.05) is 12.1 Å². The van der Waals surface area contributed by atoms with Crippen LogP contribution in [0.2, 0.25) is 0 Å². The van der Waals surface area contributed by atoms with Gasteiger partial charge in [-0.15, -0.1) is 0 Å². The fraction of sp³-hybridized carbons (Fsp3) is 0.333. The minimum absolute atomic E-state index is 0.0445. The first-order chi connectivity index (χ1) is 8.58. The number of hydrogen-bond donors (Lipinski definition) is 1. The van der Waals surface area contributed by atoms with Crippen molar-refractivity contribution in [3.05, 3.63) is 23.5 Å². The molecule has 1 rings (SSSR count). The standard InChI is InChI=1S/C12H15NO5/c1-3-16-10(14)6-5-8-7-9(11(13)18-8)12(15)17-4-2/h5-7H,3-4,13H2,1-2H3/b6-5+. The average Bonchev–Trinajstić information content (AvgIpc) is 2.69. The third kappa shape index (κ3) is 3.65. The van der Waals surface area contributed by atoms with E-state index in [1.165, 1.54) is 18.2 Å². The van der Waals surface area contributed by atoms with Crippen LogP contribution in [0.4, 0.5) is 5.88 Å². The van der Waals surface area contributed by atoms with Crippen LogP contribution < -0.4 is 5.73 Å². The molecule has 0 aliphatic rings. The average molecular weight is 253 g/mol. The van der Waals surface area contributed by atoms with Crippen molar-refractivity contribution in [2.24, 2.45) is 0 Å². The number of esters is 2. The maximum absolute atomic E-state index is 11.4. The summed E-state index contributed by atoms with van der Waals surface area (Å²) in [5.41, 5.74) is 5.66. The van der Waals surface area contributed by atoms with Crippen LogP contribution in [0.15, 0.2) is 16.6 Å². The minimum atomic E-state index is -0.561. The van der Waals surface area contributed by atoms with Crippen molar-refractivity contribution in [3.8, 4) is 0 Å². The van der Waals surface area contributed by atoms with E-state index >= 15 is 0 Å². The van der Waals surface area contributed by atoms with E-state index in [4.69, 9.17) is 19.6 Å². The summed E-state index contributed by atoms with van der Waals surface area (Å²) in [6, 6.07) is 1.41. The molecule has 1 heterocycles. The fourth-order valence-electron chi connectivity index (χ4n) is 1.22. The number of hydrogen-bond acceptors (Lipinski definition) is 6. The zero-order chi connectivity index (χ0) is 13.5. The number of nitrogens with two attached hydrogens (primary N) is 1. The molecule has 0 radical (unpaired) electrons. The monoisotopic (exact) mass is 253 g/mol. The van der Waals surface area contributed by atoms with Gasteiger partial charge in [-0.3, -0.25) is 0 Å². The molecule has 0 aliphatic heterocycles. The van der Waals surface area contributed by atoms with E-state index < -0.39 is 11.9 Å². The Morgan fingerprint density at radius 3 is 2.61 bits per heavy atom. The van der Waals surface area contributed by atoms with Crippen LogP contribution in [-0.2, 0) is 14.3 Å². The Morgan fingerprint density at radius 1 is 1.33 bits per heavy atom. The Morgan fingerprint density at radius 2 is 2.00 bits per heavy atom. The molecule has 0 amide bonds. The first-order valence-electron chi connectivity index (χ1n) is 5.49. The van der Waals surface area contributed by atoms with Crippen molar-refractivity contribution in [1.82, 2.24) is 0 Å². The van der Waals surface area contributed by atoms with Crippen LogP contribution in [0.1, 0.15) is 30.0 Å². The van der Waals surface area contributed by atoms with E-state index in [2.05, 4.69) is 0 Å². The summed E-state index contributed by atoms with van der Waals surface area (Å²) in [5.74, 6) is -0.819. The molecule has 0 aliphatic carbocycles. The lowest BCUT2D eigenvalue weighted by molar-refractivity contribution is -0.137. The number of furan rings is 1. The molecular formula is C12H15NO5. The van der Waals surface area contributed by atoms with Crippen molar-refractivity contribution >= 4 is 23.9 Å². The fourth-order valence-corrected chi connectivity index (χ4v) is 1.22. The molecule has 2 N–H and O–H groups in total. The van der Waals surface area contributed by atoms with Gasteiger partial charge in [-0.25, -0.2) is 9.59 Å². The third-order valence-corrected chi connectivity index (χ3v) is 1.95. The van der Waals surface area contributed by atoms with E-state index in [0.717, 1.165) is 0 Å². The summed E-state index contributed by atoms with van der Waals surface area (Å²) < 4.78 is 14.6.